The van der Waals surface area contributed by atoms with E-state index in [2.05, 4.69) is 43.3 Å². The second-order valence-corrected chi connectivity index (χ2v) is 10.8. The van der Waals surface area contributed by atoms with Crippen molar-refractivity contribution in [2.45, 2.75) is 64.6 Å². The molecule has 0 spiro atoms. The van der Waals surface area contributed by atoms with E-state index >= 15 is 0 Å². The fraction of sp³-hybridized carbons (Fsp3) is 0.444. The van der Waals surface area contributed by atoms with Gasteiger partial charge in [-0.05, 0) is 83.9 Å². The van der Waals surface area contributed by atoms with E-state index in [1.165, 1.54) is 0 Å². The summed E-state index contributed by atoms with van der Waals surface area (Å²) in [6.45, 7) is 11.1. The minimum atomic E-state index is -0.0841. The highest BCUT2D eigenvalue weighted by Gasteiger charge is 2.38. The molecule has 1 saturated heterocycles. The van der Waals surface area contributed by atoms with Crippen LogP contribution in [0.2, 0.25) is 5.02 Å². The Morgan fingerprint density at radius 1 is 1.09 bits per heavy atom. The third-order valence-corrected chi connectivity index (χ3v) is 6.55. The van der Waals surface area contributed by atoms with E-state index in [0.717, 1.165) is 35.0 Å². The molecular formula is C27H34ClN3O3. The quantitative estimate of drug-likeness (QED) is 0.406. The summed E-state index contributed by atoms with van der Waals surface area (Å²) < 4.78 is 11.3. The van der Waals surface area contributed by atoms with Crippen LogP contribution in [0.15, 0.2) is 36.4 Å². The Balaban J connectivity index is 1.61. The minimum absolute atomic E-state index is 0.0404. The highest BCUT2D eigenvalue weighted by Crippen LogP contribution is 2.36. The average Bonchev–Trinajstić information content (AvgIpc) is 3.13. The minimum Gasteiger partial charge on any atom is -0.495 e. The number of carbonyl (C=O) groups is 1. The van der Waals surface area contributed by atoms with Gasteiger partial charge in [0.05, 0.1) is 24.4 Å². The van der Waals surface area contributed by atoms with Gasteiger partial charge < -0.3 is 25.1 Å². The number of hydrogen-bond donors (Lipinski definition) is 3. The molecule has 1 amide bonds. The lowest BCUT2D eigenvalue weighted by atomic mass is 9.79. The number of aromatic amines is 1. The molecule has 34 heavy (non-hydrogen) atoms. The lowest BCUT2D eigenvalue weighted by Gasteiger charge is -2.46. The zero-order valence-corrected chi connectivity index (χ0v) is 21.5. The molecule has 0 bridgehead atoms. The van der Waals surface area contributed by atoms with Gasteiger partial charge in [-0.3, -0.25) is 4.79 Å². The van der Waals surface area contributed by atoms with Crippen molar-refractivity contribution in [2.24, 2.45) is 0 Å². The van der Waals surface area contributed by atoms with Gasteiger partial charge >= 0.3 is 0 Å². The number of amides is 1. The van der Waals surface area contributed by atoms with Gasteiger partial charge in [-0.15, -0.1) is 0 Å². The van der Waals surface area contributed by atoms with Crippen molar-refractivity contribution in [1.29, 1.82) is 0 Å². The summed E-state index contributed by atoms with van der Waals surface area (Å²) in [5.74, 6) is 1.20. The predicted molar refractivity (Wildman–Crippen MR) is 138 cm³/mol. The first-order valence-electron chi connectivity index (χ1n) is 11.7. The van der Waals surface area contributed by atoms with E-state index in [1.54, 1.807) is 7.11 Å². The Labute approximate surface area is 206 Å². The number of benzene rings is 2. The molecule has 7 heteroatoms. The number of carbonyl (C=O) groups excluding carboxylic acids is 1. The summed E-state index contributed by atoms with van der Waals surface area (Å²) in [6.07, 6.45) is 1.75. The van der Waals surface area contributed by atoms with E-state index in [-0.39, 0.29) is 23.0 Å². The summed E-state index contributed by atoms with van der Waals surface area (Å²) in [6, 6.07) is 11.5. The Morgan fingerprint density at radius 3 is 2.44 bits per heavy atom. The van der Waals surface area contributed by atoms with Crippen LogP contribution < -0.4 is 20.1 Å². The molecular weight excluding hydrogens is 450 g/mol. The fourth-order valence-corrected chi connectivity index (χ4v) is 5.53. The normalized spacial score (nSPS) is 17.5. The molecule has 3 aromatic rings. The van der Waals surface area contributed by atoms with Gasteiger partial charge in [0.15, 0.2) is 0 Å². The van der Waals surface area contributed by atoms with Crippen LogP contribution in [-0.2, 0) is 0 Å². The van der Waals surface area contributed by atoms with Gasteiger partial charge in [-0.25, -0.2) is 0 Å². The van der Waals surface area contributed by atoms with Crippen LogP contribution in [0.3, 0.4) is 0 Å². The van der Waals surface area contributed by atoms with Crippen molar-refractivity contribution in [3.63, 3.8) is 0 Å². The number of fused-ring (bicyclic) bond motifs is 1. The van der Waals surface area contributed by atoms with E-state index < -0.39 is 0 Å². The number of nitrogens with one attached hydrogen (secondary N) is 3. The van der Waals surface area contributed by atoms with Gasteiger partial charge in [0, 0.05) is 39.1 Å². The highest BCUT2D eigenvalue weighted by molar-refractivity contribution is 6.32. The second kappa shape index (κ2) is 9.16. The van der Waals surface area contributed by atoms with E-state index in [4.69, 9.17) is 21.1 Å². The zero-order valence-electron chi connectivity index (χ0n) is 20.8. The maximum atomic E-state index is 13.2. The lowest BCUT2D eigenvalue weighted by molar-refractivity contribution is 0.0872. The zero-order chi connectivity index (χ0) is 24.7. The number of hydrogen-bond acceptors (Lipinski definition) is 4. The van der Waals surface area contributed by atoms with E-state index in [1.807, 2.05) is 43.3 Å². The number of aromatic nitrogens is 1. The Kier molecular flexibility index (Phi) is 6.58. The fourth-order valence-electron chi connectivity index (χ4n) is 5.29. The number of methoxy groups -OCH3 is 1. The van der Waals surface area contributed by atoms with Crippen LogP contribution in [0, 0.1) is 0 Å². The third-order valence-electron chi connectivity index (χ3n) is 6.25. The van der Waals surface area contributed by atoms with E-state index in [9.17, 15) is 4.79 Å². The van der Waals surface area contributed by atoms with Gasteiger partial charge in [0.1, 0.15) is 11.5 Å². The van der Waals surface area contributed by atoms with Crippen LogP contribution in [0.1, 0.15) is 57.8 Å². The SMILES string of the molecule is CCOc1cc(C(=O)NC2CC(C)(C)NC(C)(C)C2)ccc1-c1cc2cc(OC)c(Cl)cc2[nH]1. The summed E-state index contributed by atoms with van der Waals surface area (Å²) >= 11 is 6.29. The second-order valence-electron chi connectivity index (χ2n) is 10.4. The maximum absolute atomic E-state index is 13.2. The molecule has 0 radical (unpaired) electrons. The van der Waals surface area contributed by atoms with Crippen molar-refractivity contribution in [3.05, 3.63) is 47.0 Å². The Bertz CT molecular complexity index is 1200. The highest BCUT2D eigenvalue weighted by atomic mass is 35.5. The summed E-state index contributed by atoms with van der Waals surface area (Å²) in [4.78, 5) is 16.6. The molecule has 0 saturated carbocycles. The Morgan fingerprint density at radius 2 is 1.79 bits per heavy atom. The first-order valence-corrected chi connectivity index (χ1v) is 12.1. The van der Waals surface area contributed by atoms with Gasteiger partial charge in [-0.2, -0.15) is 0 Å². The van der Waals surface area contributed by atoms with Gasteiger partial charge in [0.2, 0.25) is 0 Å². The van der Waals surface area contributed by atoms with Crippen LogP contribution in [0.25, 0.3) is 22.2 Å². The van der Waals surface area contributed by atoms with Crippen molar-refractivity contribution in [1.82, 2.24) is 15.6 Å². The van der Waals surface area contributed by atoms with Crippen molar-refractivity contribution in [2.75, 3.05) is 13.7 Å². The molecule has 1 aromatic heterocycles. The molecule has 0 aliphatic carbocycles. The predicted octanol–water partition coefficient (Wildman–Crippen LogP) is 5.93. The van der Waals surface area contributed by atoms with Gasteiger partial charge in [-0.1, -0.05) is 11.6 Å². The molecule has 182 valence electrons. The topological polar surface area (TPSA) is 75.4 Å². The van der Waals surface area contributed by atoms with Crippen molar-refractivity contribution >= 4 is 28.4 Å². The first-order chi connectivity index (χ1) is 16.0. The smallest absolute Gasteiger partial charge is 0.251 e. The number of rotatable bonds is 6. The van der Waals surface area contributed by atoms with Crippen LogP contribution >= 0.6 is 11.6 Å². The number of halogens is 1. The number of piperidine rings is 1. The first kappa shape index (κ1) is 24.4. The standard InChI is InChI=1S/C27H34ClN3O3/c1-7-34-23-11-16(25(32)29-18-14-26(2,3)31-27(4,5)15-18)8-9-19(23)22-10-17-12-24(33-6)20(28)13-21(17)30-22/h8-13,18,30-31H,7,14-15H2,1-6H3,(H,29,32). The summed E-state index contributed by atoms with van der Waals surface area (Å²) in [5.41, 5.74) is 3.18. The third kappa shape index (κ3) is 5.18. The molecule has 2 aromatic carbocycles. The number of ether oxygens (including phenoxy) is 2. The molecule has 4 rings (SSSR count). The van der Waals surface area contributed by atoms with Crippen LogP contribution in [0.4, 0.5) is 0 Å². The summed E-state index contributed by atoms with van der Waals surface area (Å²) in [5, 5.41) is 8.43. The van der Waals surface area contributed by atoms with Crippen LogP contribution in [-0.4, -0.2) is 41.7 Å². The van der Waals surface area contributed by atoms with Gasteiger partial charge in [0.25, 0.3) is 5.91 Å². The molecule has 1 aliphatic rings. The summed E-state index contributed by atoms with van der Waals surface area (Å²) in [7, 11) is 1.60. The average molecular weight is 484 g/mol. The molecule has 2 heterocycles. The molecule has 6 nitrogen and oxygen atoms in total. The molecule has 0 unspecified atom stereocenters. The Hall–Kier alpha value is -2.70. The monoisotopic (exact) mass is 483 g/mol. The molecule has 1 fully saturated rings. The number of H-pyrrole nitrogens is 1. The van der Waals surface area contributed by atoms with Crippen molar-refractivity contribution < 1.29 is 14.3 Å². The largest absolute Gasteiger partial charge is 0.495 e. The molecule has 0 atom stereocenters. The van der Waals surface area contributed by atoms with Crippen LogP contribution in [0.5, 0.6) is 11.5 Å². The molecule has 3 N–H and O–H groups in total. The lowest BCUT2D eigenvalue weighted by Crippen LogP contribution is -2.62. The van der Waals surface area contributed by atoms with Crippen molar-refractivity contribution in [3.8, 4) is 22.8 Å². The van der Waals surface area contributed by atoms with E-state index in [0.29, 0.717) is 28.7 Å². The maximum Gasteiger partial charge on any atom is 0.251 e. The molecule has 1 aliphatic heterocycles.